The molecule has 1 N–H and O–H groups in total. The Kier molecular flexibility index (Phi) is 11.1. The van der Waals surface area contributed by atoms with Crippen LogP contribution < -0.4 is 5.32 Å². The van der Waals surface area contributed by atoms with Gasteiger partial charge in [0.2, 0.25) is 18.3 Å². The van der Waals surface area contributed by atoms with Gasteiger partial charge in [0.15, 0.2) is 12.2 Å². The molecule has 0 bridgehead atoms. The molecule has 1 amide bonds. The number of ether oxygens (including phenoxy) is 6. The summed E-state index contributed by atoms with van der Waals surface area (Å²) < 4.78 is 32.6. The first kappa shape index (κ1) is 34.1. The van der Waals surface area contributed by atoms with Crippen LogP contribution in [-0.2, 0) is 52.4 Å². The molecule has 1 aliphatic carbocycles. The molecule has 7 atom stereocenters. The zero-order valence-corrected chi connectivity index (χ0v) is 26.2. The van der Waals surface area contributed by atoms with Crippen LogP contribution >= 0.6 is 0 Å². The van der Waals surface area contributed by atoms with Gasteiger partial charge in [-0.05, 0) is 41.7 Å². The van der Waals surface area contributed by atoms with Gasteiger partial charge in [-0.25, -0.2) is 4.79 Å². The largest absolute Gasteiger partial charge is 0.463 e. The lowest BCUT2D eigenvalue weighted by atomic mass is 9.76. The Balaban J connectivity index is 1.58. The highest BCUT2D eigenvalue weighted by atomic mass is 16.7. The Morgan fingerprint density at radius 1 is 0.696 bits per heavy atom. The quantitative estimate of drug-likeness (QED) is 0.315. The summed E-state index contributed by atoms with van der Waals surface area (Å²) in [7, 11) is 0. The van der Waals surface area contributed by atoms with Crippen molar-refractivity contribution in [2.75, 3.05) is 6.61 Å². The maximum absolute atomic E-state index is 13.4. The molecule has 0 saturated carbocycles. The van der Waals surface area contributed by atoms with Gasteiger partial charge < -0.3 is 33.7 Å². The SMILES string of the molecule is CC(=O)N[C@H]1CCC(c2ccc(C(=O)O[C@@H]3O[C@H](COC(C)=O)[C@@H](OC(C)=O)[C@H](OC(C)=O)[C@H]3OC(C)=O)cc2)c2ccccc21. The summed E-state index contributed by atoms with van der Waals surface area (Å²) in [6, 6.07) is 14.6. The van der Waals surface area contributed by atoms with E-state index in [1.54, 1.807) is 12.1 Å². The maximum atomic E-state index is 13.4. The van der Waals surface area contributed by atoms with Gasteiger partial charge in [-0.1, -0.05) is 36.4 Å². The summed E-state index contributed by atoms with van der Waals surface area (Å²) in [5.74, 6) is -3.98. The van der Waals surface area contributed by atoms with Crippen molar-refractivity contribution >= 4 is 35.8 Å². The molecule has 46 heavy (non-hydrogen) atoms. The minimum atomic E-state index is -1.64. The van der Waals surface area contributed by atoms with E-state index in [2.05, 4.69) is 5.32 Å². The Morgan fingerprint density at radius 2 is 1.28 bits per heavy atom. The first-order valence-electron chi connectivity index (χ1n) is 14.8. The fourth-order valence-corrected chi connectivity index (χ4v) is 5.84. The van der Waals surface area contributed by atoms with Gasteiger partial charge in [0.1, 0.15) is 12.7 Å². The molecule has 13 heteroatoms. The lowest BCUT2D eigenvalue weighted by Crippen LogP contribution is -2.63. The lowest BCUT2D eigenvalue weighted by Gasteiger charge is -2.43. The van der Waals surface area contributed by atoms with Gasteiger partial charge in [0.25, 0.3) is 0 Å². The van der Waals surface area contributed by atoms with Crippen molar-refractivity contribution in [1.29, 1.82) is 0 Å². The molecule has 1 saturated heterocycles. The van der Waals surface area contributed by atoms with Crippen LogP contribution in [0.1, 0.15) is 86.5 Å². The van der Waals surface area contributed by atoms with Crippen LogP contribution in [0, 0.1) is 0 Å². The van der Waals surface area contributed by atoms with E-state index >= 15 is 0 Å². The van der Waals surface area contributed by atoms with Gasteiger partial charge >= 0.3 is 29.8 Å². The second-order valence-electron chi connectivity index (χ2n) is 11.1. The molecule has 1 heterocycles. The third kappa shape index (κ3) is 8.47. The summed E-state index contributed by atoms with van der Waals surface area (Å²) >= 11 is 0. The van der Waals surface area contributed by atoms with Crippen molar-refractivity contribution in [3.8, 4) is 0 Å². The molecule has 0 radical (unpaired) electrons. The second kappa shape index (κ2) is 15.0. The summed E-state index contributed by atoms with van der Waals surface area (Å²) in [6.45, 7) is 5.50. The highest BCUT2D eigenvalue weighted by Gasteiger charge is 2.53. The third-order valence-electron chi connectivity index (χ3n) is 7.59. The molecule has 0 aromatic heterocycles. The average molecular weight is 640 g/mol. The number of carbonyl (C=O) groups excluding carboxylic acids is 6. The van der Waals surface area contributed by atoms with E-state index in [1.165, 1.54) is 6.92 Å². The van der Waals surface area contributed by atoms with Crippen LogP contribution in [0.15, 0.2) is 48.5 Å². The van der Waals surface area contributed by atoms with Crippen LogP contribution in [-0.4, -0.2) is 73.1 Å². The highest BCUT2D eigenvalue weighted by Crippen LogP contribution is 2.41. The van der Waals surface area contributed by atoms with E-state index < -0.39 is 67.2 Å². The predicted molar refractivity (Wildman–Crippen MR) is 158 cm³/mol. The number of hydrogen-bond donors (Lipinski definition) is 1. The van der Waals surface area contributed by atoms with Crippen LogP contribution in [0.3, 0.4) is 0 Å². The summed E-state index contributed by atoms with van der Waals surface area (Å²) in [5.41, 5.74) is 3.23. The van der Waals surface area contributed by atoms with Crippen molar-refractivity contribution in [3.63, 3.8) is 0 Å². The van der Waals surface area contributed by atoms with Gasteiger partial charge in [-0.2, -0.15) is 0 Å². The Morgan fingerprint density at radius 3 is 1.87 bits per heavy atom. The molecule has 1 fully saturated rings. The summed E-state index contributed by atoms with van der Waals surface area (Å²) in [4.78, 5) is 72.7. The fourth-order valence-electron chi connectivity index (χ4n) is 5.84. The molecule has 0 spiro atoms. The van der Waals surface area contributed by atoms with Gasteiger partial charge in [0.05, 0.1) is 11.6 Å². The smallest absolute Gasteiger partial charge is 0.340 e. The molecule has 1 aliphatic heterocycles. The van der Waals surface area contributed by atoms with Gasteiger partial charge in [-0.15, -0.1) is 0 Å². The number of benzene rings is 2. The first-order valence-corrected chi connectivity index (χ1v) is 14.8. The van der Waals surface area contributed by atoms with Crippen molar-refractivity contribution in [2.45, 2.75) is 90.1 Å². The number of nitrogens with one attached hydrogen (secondary N) is 1. The van der Waals surface area contributed by atoms with Crippen molar-refractivity contribution in [2.24, 2.45) is 0 Å². The van der Waals surface area contributed by atoms with Gasteiger partial charge in [-0.3, -0.25) is 24.0 Å². The van der Waals surface area contributed by atoms with Crippen LogP contribution in [0.25, 0.3) is 0 Å². The molecular formula is C33H37NO12. The van der Waals surface area contributed by atoms with Crippen LogP contribution in [0.4, 0.5) is 0 Å². The lowest BCUT2D eigenvalue weighted by molar-refractivity contribution is -0.294. The molecule has 246 valence electrons. The van der Waals surface area contributed by atoms with Crippen LogP contribution in [0.2, 0.25) is 0 Å². The fraction of sp³-hybridized carbons (Fsp3) is 0.455. The van der Waals surface area contributed by atoms with E-state index in [4.69, 9.17) is 28.4 Å². The van der Waals surface area contributed by atoms with Crippen molar-refractivity contribution in [3.05, 3.63) is 70.8 Å². The van der Waals surface area contributed by atoms with Gasteiger partial charge in [0, 0.05) is 40.5 Å². The zero-order chi connectivity index (χ0) is 33.5. The third-order valence-corrected chi connectivity index (χ3v) is 7.59. The minimum Gasteiger partial charge on any atom is -0.463 e. The normalized spacial score (nSPS) is 25.2. The number of fused-ring (bicyclic) bond motifs is 1. The van der Waals surface area contributed by atoms with E-state index in [-0.39, 0.29) is 23.4 Å². The van der Waals surface area contributed by atoms with Crippen LogP contribution in [0.5, 0.6) is 0 Å². The zero-order valence-electron chi connectivity index (χ0n) is 26.2. The number of rotatable bonds is 9. The summed E-state index contributed by atoms with van der Waals surface area (Å²) in [5, 5.41) is 3.01. The van der Waals surface area contributed by atoms with E-state index in [0.29, 0.717) is 0 Å². The Labute approximate surface area is 265 Å². The van der Waals surface area contributed by atoms with Crippen molar-refractivity contribution < 1.29 is 57.2 Å². The Hall–Kier alpha value is -4.78. The number of esters is 5. The molecular weight excluding hydrogens is 602 g/mol. The molecule has 13 nitrogen and oxygen atoms in total. The predicted octanol–water partition coefficient (Wildman–Crippen LogP) is 3.03. The molecule has 2 aromatic carbocycles. The monoisotopic (exact) mass is 639 g/mol. The highest BCUT2D eigenvalue weighted by molar-refractivity contribution is 5.89. The van der Waals surface area contributed by atoms with E-state index in [1.807, 2.05) is 36.4 Å². The van der Waals surface area contributed by atoms with E-state index in [9.17, 15) is 28.8 Å². The first-order chi connectivity index (χ1) is 21.8. The standard InChI is InChI=1S/C33H37NO12/c1-17(35)34-27-15-14-24(25-8-6-7-9-26(25)27)22-10-12-23(13-11-22)32(40)46-33-31(44-21(5)39)30(43-20(4)38)29(42-19(3)37)28(45-33)16-41-18(2)36/h6-13,24,27-31,33H,14-16H2,1-5H3,(H,34,35)/t24?,27-,28+,29+,30-,31+,33-/m0/s1. The summed E-state index contributed by atoms with van der Waals surface area (Å²) in [6.07, 6.45) is -5.74. The molecule has 2 aliphatic rings. The maximum Gasteiger partial charge on any atom is 0.340 e. The number of amides is 1. The molecule has 1 unspecified atom stereocenters. The minimum absolute atomic E-state index is 0.0334. The van der Waals surface area contributed by atoms with E-state index in [0.717, 1.165) is 57.2 Å². The van der Waals surface area contributed by atoms with Crippen molar-refractivity contribution in [1.82, 2.24) is 5.32 Å². The molecule has 4 rings (SSSR count). The topological polar surface area (TPSA) is 170 Å². The second-order valence-corrected chi connectivity index (χ2v) is 11.1. The number of carbonyl (C=O) groups is 6. The number of hydrogen-bond acceptors (Lipinski definition) is 12. The Bertz CT molecular complexity index is 1470. The average Bonchev–Trinajstić information content (AvgIpc) is 2.98. The molecule has 2 aromatic rings.